The highest BCUT2D eigenvalue weighted by atomic mass is 35.5. The molecule has 0 aliphatic rings. The van der Waals surface area contributed by atoms with Crippen molar-refractivity contribution in [2.75, 3.05) is 0 Å². The Kier molecular flexibility index (Phi) is 4.70. The molecule has 0 amide bonds. The molecule has 0 radical (unpaired) electrons. The Morgan fingerprint density at radius 1 is 1.14 bits per heavy atom. The number of hydrogen-bond donors (Lipinski definition) is 4. The topological polar surface area (TPSA) is 86.7 Å². The van der Waals surface area contributed by atoms with Gasteiger partial charge in [-0.05, 0) is 24.6 Å². The lowest BCUT2D eigenvalue weighted by molar-refractivity contribution is 0.164. The first-order valence-corrected chi connectivity index (χ1v) is 3.97. The standard InChI is InChI=1S/C9H13NO3.ClH/c1-5(11)9(10)6-2-7(12)4-8(13)3-6;/h2-5,9,11-13H,10H2,1H3;1H/t5-,9-;/m0./s1. The minimum Gasteiger partial charge on any atom is -0.508 e. The van der Waals surface area contributed by atoms with Crippen molar-refractivity contribution in [2.45, 2.75) is 19.1 Å². The number of nitrogens with two attached hydrogens (primary N) is 1. The quantitative estimate of drug-likeness (QED) is 0.595. The molecule has 0 saturated heterocycles. The summed E-state index contributed by atoms with van der Waals surface area (Å²) < 4.78 is 0. The van der Waals surface area contributed by atoms with Gasteiger partial charge in [-0.1, -0.05) is 0 Å². The lowest BCUT2D eigenvalue weighted by Crippen LogP contribution is -2.22. The second-order valence-corrected chi connectivity index (χ2v) is 3.05. The Balaban J connectivity index is 0.00000169. The van der Waals surface area contributed by atoms with Crippen molar-refractivity contribution in [3.63, 3.8) is 0 Å². The lowest BCUT2D eigenvalue weighted by atomic mass is 10.0. The summed E-state index contributed by atoms with van der Waals surface area (Å²) in [7, 11) is 0. The fourth-order valence-corrected chi connectivity index (χ4v) is 1.09. The molecule has 0 bridgehead atoms. The number of halogens is 1. The van der Waals surface area contributed by atoms with Crippen molar-refractivity contribution in [2.24, 2.45) is 5.73 Å². The number of aliphatic hydroxyl groups is 1. The smallest absolute Gasteiger partial charge is 0.119 e. The first-order valence-electron chi connectivity index (χ1n) is 3.97. The van der Waals surface area contributed by atoms with Crippen LogP contribution in [0.25, 0.3) is 0 Å². The Morgan fingerprint density at radius 2 is 1.57 bits per heavy atom. The van der Waals surface area contributed by atoms with Gasteiger partial charge in [0.2, 0.25) is 0 Å². The zero-order chi connectivity index (χ0) is 10.0. The molecule has 0 aliphatic carbocycles. The molecule has 5 heteroatoms. The Bertz CT molecular complexity index is 284. The molecule has 4 nitrogen and oxygen atoms in total. The number of phenolic OH excluding ortho intramolecular Hbond substituents is 2. The van der Waals surface area contributed by atoms with Gasteiger partial charge in [0.25, 0.3) is 0 Å². The van der Waals surface area contributed by atoms with Crippen LogP contribution in [0.2, 0.25) is 0 Å². The highest BCUT2D eigenvalue weighted by Gasteiger charge is 2.13. The molecular formula is C9H14ClNO3. The summed E-state index contributed by atoms with van der Waals surface area (Å²) in [6, 6.07) is 3.44. The van der Waals surface area contributed by atoms with E-state index >= 15 is 0 Å². The monoisotopic (exact) mass is 219 g/mol. The minimum atomic E-state index is -0.721. The van der Waals surface area contributed by atoms with Gasteiger partial charge in [0.05, 0.1) is 12.1 Å². The van der Waals surface area contributed by atoms with Crippen LogP contribution >= 0.6 is 12.4 Å². The zero-order valence-electron chi connectivity index (χ0n) is 7.71. The van der Waals surface area contributed by atoms with E-state index in [1.165, 1.54) is 18.2 Å². The van der Waals surface area contributed by atoms with Gasteiger partial charge in [-0.15, -0.1) is 12.4 Å². The summed E-state index contributed by atoms with van der Waals surface area (Å²) in [5.74, 6) is -0.128. The molecule has 0 spiro atoms. The molecule has 1 aromatic carbocycles. The SMILES string of the molecule is C[C@H](O)[C@H](N)c1cc(O)cc(O)c1.Cl. The van der Waals surface area contributed by atoms with Gasteiger partial charge in [0.1, 0.15) is 11.5 Å². The third kappa shape index (κ3) is 3.06. The molecule has 2 atom stereocenters. The van der Waals surface area contributed by atoms with Gasteiger partial charge in [0, 0.05) is 6.07 Å². The average Bonchev–Trinajstić information content (AvgIpc) is 2.01. The Morgan fingerprint density at radius 3 is 1.93 bits per heavy atom. The van der Waals surface area contributed by atoms with Crippen LogP contribution in [0.3, 0.4) is 0 Å². The van der Waals surface area contributed by atoms with E-state index in [1.54, 1.807) is 6.92 Å². The van der Waals surface area contributed by atoms with Gasteiger partial charge in [-0.3, -0.25) is 0 Å². The largest absolute Gasteiger partial charge is 0.508 e. The third-order valence-corrected chi connectivity index (χ3v) is 1.83. The molecule has 14 heavy (non-hydrogen) atoms. The van der Waals surface area contributed by atoms with E-state index in [0.717, 1.165) is 0 Å². The number of aliphatic hydroxyl groups excluding tert-OH is 1. The molecule has 0 heterocycles. The van der Waals surface area contributed by atoms with E-state index in [1.807, 2.05) is 0 Å². The van der Waals surface area contributed by atoms with Crippen molar-refractivity contribution in [1.82, 2.24) is 0 Å². The zero-order valence-corrected chi connectivity index (χ0v) is 8.53. The second-order valence-electron chi connectivity index (χ2n) is 3.05. The van der Waals surface area contributed by atoms with Gasteiger partial charge in [-0.25, -0.2) is 0 Å². The van der Waals surface area contributed by atoms with Gasteiger partial charge >= 0.3 is 0 Å². The highest BCUT2D eigenvalue weighted by Crippen LogP contribution is 2.25. The fraction of sp³-hybridized carbons (Fsp3) is 0.333. The van der Waals surface area contributed by atoms with Crippen molar-refractivity contribution in [3.8, 4) is 11.5 Å². The summed E-state index contributed by atoms with van der Waals surface area (Å²) in [5.41, 5.74) is 6.11. The van der Waals surface area contributed by atoms with Crippen LogP contribution in [-0.4, -0.2) is 21.4 Å². The molecule has 1 rings (SSSR count). The molecule has 0 aromatic heterocycles. The molecule has 0 unspecified atom stereocenters. The molecule has 5 N–H and O–H groups in total. The predicted octanol–water partition coefficient (Wildman–Crippen LogP) is 0.900. The summed E-state index contributed by atoms with van der Waals surface area (Å²) in [6.07, 6.45) is -0.721. The van der Waals surface area contributed by atoms with Gasteiger partial charge in [0.15, 0.2) is 0 Å². The molecular weight excluding hydrogens is 206 g/mol. The number of benzene rings is 1. The molecule has 0 aliphatic heterocycles. The van der Waals surface area contributed by atoms with Crippen molar-refractivity contribution in [1.29, 1.82) is 0 Å². The predicted molar refractivity (Wildman–Crippen MR) is 55.6 cm³/mol. The van der Waals surface area contributed by atoms with Crippen LogP contribution in [-0.2, 0) is 0 Å². The maximum Gasteiger partial charge on any atom is 0.119 e. The molecule has 0 fully saturated rings. The normalized spacial score (nSPS) is 14.2. The third-order valence-electron chi connectivity index (χ3n) is 1.83. The Labute approximate surface area is 88.4 Å². The Hall–Kier alpha value is -0.970. The van der Waals surface area contributed by atoms with Crippen molar-refractivity contribution in [3.05, 3.63) is 23.8 Å². The first-order chi connectivity index (χ1) is 6.00. The van der Waals surface area contributed by atoms with E-state index in [9.17, 15) is 0 Å². The number of rotatable bonds is 2. The molecule has 1 aromatic rings. The summed E-state index contributed by atoms with van der Waals surface area (Å²) in [6.45, 7) is 1.55. The lowest BCUT2D eigenvalue weighted by Gasteiger charge is -2.15. The maximum absolute atomic E-state index is 9.17. The maximum atomic E-state index is 9.17. The van der Waals surface area contributed by atoms with Crippen LogP contribution in [0.5, 0.6) is 11.5 Å². The summed E-state index contributed by atoms with van der Waals surface area (Å²) >= 11 is 0. The van der Waals surface area contributed by atoms with E-state index in [2.05, 4.69) is 0 Å². The van der Waals surface area contributed by atoms with E-state index < -0.39 is 12.1 Å². The fourth-order valence-electron chi connectivity index (χ4n) is 1.09. The van der Waals surface area contributed by atoms with E-state index in [-0.39, 0.29) is 23.9 Å². The van der Waals surface area contributed by atoms with Crippen LogP contribution in [0.15, 0.2) is 18.2 Å². The van der Waals surface area contributed by atoms with Crippen molar-refractivity contribution < 1.29 is 15.3 Å². The average molecular weight is 220 g/mol. The minimum absolute atomic E-state index is 0. The summed E-state index contributed by atoms with van der Waals surface area (Å²) in [5, 5.41) is 27.4. The van der Waals surface area contributed by atoms with Crippen LogP contribution in [0.4, 0.5) is 0 Å². The second kappa shape index (κ2) is 5.05. The number of aromatic hydroxyl groups is 2. The number of hydrogen-bond acceptors (Lipinski definition) is 4. The summed E-state index contributed by atoms with van der Waals surface area (Å²) in [4.78, 5) is 0. The van der Waals surface area contributed by atoms with Crippen LogP contribution in [0.1, 0.15) is 18.5 Å². The highest BCUT2D eigenvalue weighted by molar-refractivity contribution is 5.85. The van der Waals surface area contributed by atoms with E-state index in [0.29, 0.717) is 5.56 Å². The van der Waals surface area contributed by atoms with Crippen molar-refractivity contribution >= 4 is 12.4 Å². The number of phenols is 2. The van der Waals surface area contributed by atoms with Gasteiger partial charge < -0.3 is 21.1 Å². The molecule has 0 saturated carbocycles. The van der Waals surface area contributed by atoms with E-state index in [4.69, 9.17) is 21.1 Å². The molecule has 80 valence electrons. The van der Waals surface area contributed by atoms with Gasteiger partial charge in [-0.2, -0.15) is 0 Å². The first kappa shape index (κ1) is 13.0. The van der Waals surface area contributed by atoms with Crippen LogP contribution < -0.4 is 5.73 Å². The van der Waals surface area contributed by atoms with Crippen LogP contribution in [0, 0.1) is 0 Å².